The second kappa shape index (κ2) is 7.30. The minimum atomic E-state index is -0.467. The summed E-state index contributed by atoms with van der Waals surface area (Å²) in [6, 6.07) is 6.21. The first-order valence-electron chi connectivity index (χ1n) is 8.24. The number of likely N-dealkylation sites (tertiary alicyclic amines) is 1. The first-order valence-corrected chi connectivity index (χ1v) is 8.24. The lowest BCUT2D eigenvalue weighted by atomic mass is 10.1. The van der Waals surface area contributed by atoms with E-state index in [-0.39, 0.29) is 12.1 Å². The van der Waals surface area contributed by atoms with E-state index in [0.717, 1.165) is 31.1 Å². The molecule has 0 radical (unpaired) electrons. The van der Waals surface area contributed by atoms with Crippen LogP contribution in [-0.4, -0.2) is 56.9 Å². The number of rotatable bonds is 5. The van der Waals surface area contributed by atoms with Crippen molar-refractivity contribution in [2.45, 2.75) is 39.0 Å². The highest BCUT2D eigenvalue weighted by Crippen LogP contribution is 2.30. The minimum Gasteiger partial charge on any atom is -0.496 e. The van der Waals surface area contributed by atoms with Gasteiger partial charge in [0.2, 0.25) is 0 Å². The molecular formula is C18H29N3O3. The number of carbonyl (C=O) groups is 1. The van der Waals surface area contributed by atoms with Crippen molar-refractivity contribution in [1.29, 1.82) is 0 Å². The molecular weight excluding hydrogens is 306 g/mol. The SMILES string of the molecule is COc1cccc(N(C)C)c1CN1CC(NC(=O)OC(C)(C)C)C1. The van der Waals surface area contributed by atoms with Gasteiger partial charge in [-0.25, -0.2) is 4.79 Å². The summed E-state index contributed by atoms with van der Waals surface area (Å²) in [5, 5.41) is 2.91. The van der Waals surface area contributed by atoms with Gasteiger partial charge in [0.05, 0.1) is 13.2 Å². The van der Waals surface area contributed by atoms with E-state index in [2.05, 4.69) is 21.2 Å². The van der Waals surface area contributed by atoms with E-state index in [1.54, 1.807) is 7.11 Å². The summed E-state index contributed by atoms with van der Waals surface area (Å²) in [4.78, 5) is 16.2. The van der Waals surface area contributed by atoms with Crippen LogP contribution in [0.2, 0.25) is 0 Å². The molecule has 1 amide bonds. The van der Waals surface area contributed by atoms with Gasteiger partial charge in [0, 0.05) is 45.0 Å². The Morgan fingerprint density at radius 3 is 2.54 bits per heavy atom. The summed E-state index contributed by atoms with van der Waals surface area (Å²) in [6.07, 6.45) is -0.349. The normalized spacial score (nSPS) is 15.6. The zero-order chi connectivity index (χ0) is 17.9. The largest absolute Gasteiger partial charge is 0.496 e. The topological polar surface area (TPSA) is 54.0 Å². The zero-order valence-corrected chi connectivity index (χ0v) is 15.5. The van der Waals surface area contributed by atoms with Crippen molar-refractivity contribution in [2.75, 3.05) is 39.2 Å². The summed E-state index contributed by atoms with van der Waals surface area (Å²) in [7, 11) is 5.75. The van der Waals surface area contributed by atoms with E-state index < -0.39 is 5.60 Å². The average Bonchev–Trinajstić information content (AvgIpc) is 2.42. The van der Waals surface area contributed by atoms with Crippen LogP contribution in [0.5, 0.6) is 5.75 Å². The summed E-state index contributed by atoms with van der Waals surface area (Å²) >= 11 is 0. The van der Waals surface area contributed by atoms with Crippen LogP contribution in [-0.2, 0) is 11.3 Å². The first kappa shape index (κ1) is 18.4. The van der Waals surface area contributed by atoms with Crippen LogP contribution in [0.4, 0.5) is 10.5 Å². The second-order valence-electron chi connectivity index (χ2n) is 7.39. The van der Waals surface area contributed by atoms with Gasteiger partial charge < -0.3 is 19.7 Å². The van der Waals surface area contributed by atoms with Gasteiger partial charge in [-0.2, -0.15) is 0 Å². The Labute approximate surface area is 144 Å². The summed E-state index contributed by atoms with van der Waals surface area (Å²) in [6.45, 7) is 8.01. The fraction of sp³-hybridized carbons (Fsp3) is 0.611. The Bertz CT molecular complexity index is 575. The van der Waals surface area contributed by atoms with Crippen LogP contribution in [0, 0.1) is 0 Å². The smallest absolute Gasteiger partial charge is 0.407 e. The number of carbonyl (C=O) groups excluding carboxylic acids is 1. The molecule has 0 atom stereocenters. The average molecular weight is 335 g/mol. The maximum atomic E-state index is 11.8. The van der Waals surface area contributed by atoms with Gasteiger partial charge in [0.15, 0.2) is 0 Å². The first-order chi connectivity index (χ1) is 11.2. The minimum absolute atomic E-state index is 0.136. The lowest BCUT2D eigenvalue weighted by molar-refractivity contribution is 0.0391. The molecule has 1 aliphatic heterocycles. The third-order valence-electron chi connectivity index (χ3n) is 3.87. The van der Waals surface area contributed by atoms with Gasteiger partial charge >= 0.3 is 6.09 Å². The van der Waals surface area contributed by atoms with Crippen molar-refractivity contribution in [2.24, 2.45) is 0 Å². The Balaban J connectivity index is 1.91. The Morgan fingerprint density at radius 2 is 2.00 bits per heavy atom. The van der Waals surface area contributed by atoms with Gasteiger partial charge in [-0.1, -0.05) is 6.07 Å². The van der Waals surface area contributed by atoms with Crippen LogP contribution in [0.15, 0.2) is 18.2 Å². The number of hydrogen-bond donors (Lipinski definition) is 1. The van der Waals surface area contributed by atoms with Crippen LogP contribution in [0.3, 0.4) is 0 Å². The second-order valence-corrected chi connectivity index (χ2v) is 7.39. The van der Waals surface area contributed by atoms with Gasteiger partial charge in [0.1, 0.15) is 11.4 Å². The lowest BCUT2D eigenvalue weighted by Gasteiger charge is -2.40. The number of benzene rings is 1. The molecule has 2 rings (SSSR count). The molecule has 24 heavy (non-hydrogen) atoms. The van der Waals surface area contributed by atoms with E-state index >= 15 is 0 Å². The van der Waals surface area contributed by atoms with Crippen molar-refractivity contribution >= 4 is 11.8 Å². The zero-order valence-electron chi connectivity index (χ0n) is 15.5. The number of nitrogens with one attached hydrogen (secondary N) is 1. The molecule has 0 unspecified atom stereocenters. The molecule has 0 spiro atoms. The monoisotopic (exact) mass is 335 g/mol. The van der Waals surface area contributed by atoms with E-state index in [4.69, 9.17) is 9.47 Å². The highest BCUT2D eigenvalue weighted by molar-refractivity contribution is 5.68. The number of ether oxygens (including phenoxy) is 2. The molecule has 1 fully saturated rings. The predicted octanol–water partition coefficient (Wildman–Crippen LogP) is 2.47. The molecule has 0 aliphatic carbocycles. The lowest BCUT2D eigenvalue weighted by Crippen LogP contribution is -2.59. The van der Waals surface area contributed by atoms with Gasteiger partial charge in [-0.3, -0.25) is 4.90 Å². The van der Waals surface area contributed by atoms with Crippen LogP contribution >= 0.6 is 0 Å². The van der Waals surface area contributed by atoms with Crippen molar-refractivity contribution in [1.82, 2.24) is 10.2 Å². The highest BCUT2D eigenvalue weighted by Gasteiger charge is 2.30. The molecule has 0 aromatic heterocycles. The summed E-state index contributed by atoms with van der Waals surface area (Å²) < 4.78 is 10.8. The fourth-order valence-corrected chi connectivity index (χ4v) is 2.81. The molecule has 1 aliphatic rings. The van der Waals surface area contributed by atoms with Gasteiger partial charge in [-0.15, -0.1) is 0 Å². The van der Waals surface area contributed by atoms with Gasteiger partial charge in [-0.05, 0) is 32.9 Å². The van der Waals surface area contributed by atoms with E-state index in [0.29, 0.717) is 0 Å². The molecule has 1 aromatic carbocycles. The predicted molar refractivity (Wildman–Crippen MR) is 95.8 cm³/mol. The summed E-state index contributed by atoms with van der Waals surface area (Å²) in [5.74, 6) is 0.893. The molecule has 134 valence electrons. The molecule has 1 aromatic rings. The molecule has 0 saturated carbocycles. The molecule has 1 N–H and O–H groups in total. The summed E-state index contributed by atoms with van der Waals surface area (Å²) in [5.41, 5.74) is 1.85. The standard InChI is InChI=1S/C18H29N3O3/c1-18(2,3)24-17(22)19-13-10-21(11-13)12-14-15(20(4)5)8-7-9-16(14)23-6/h7-9,13H,10-12H2,1-6H3,(H,19,22). The van der Waals surface area contributed by atoms with Crippen molar-refractivity contribution in [3.05, 3.63) is 23.8 Å². The van der Waals surface area contributed by atoms with Gasteiger partial charge in [0.25, 0.3) is 0 Å². The number of methoxy groups -OCH3 is 1. The third kappa shape index (κ3) is 4.77. The third-order valence-corrected chi connectivity index (χ3v) is 3.87. The quantitative estimate of drug-likeness (QED) is 0.896. The van der Waals surface area contributed by atoms with E-state index in [9.17, 15) is 4.79 Å². The fourth-order valence-electron chi connectivity index (χ4n) is 2.81. The van der Waals surface area contributed by atoms with Crippen molar-refractivity contribution < 1.29 is 14.3 Å². The van der Waals surface area contributed by atoms with E-state index in [1.807, 2.05) is 47.0 Å². The molecule has 1 heterocycles. The van der Waals surface area contributed by atoms with E-state index in [1.165, 1.54) is 5.56 Å². The molecule has 0 bridgehead atoms. The highest BCUT2D eigenvalue weighted by atomic mass is 16.6. The number of alkyl carbamates (subject to hydrolysis) is 1. The maximum absolute atomic E-state index is 11.8. The number of nitrogens with zero attached hydrogens (tertiary/aromatic N) is 2. The molecule has 6 heteroatoms. The Kier molecular flexibility index (Phi) is 5.59. The van der Waals surface area contributed by atoms with Crippen molar-refractivity contribution in [3.8, 4) is 5.75 Å². The molecule has 6 nitrogen and oxygen atoms in total. The van der Waals surface area contributed by atoms with Crippen LogP contribution in [0.25, 0.3) is 0 Å². The maximum Gasteiger partial charge on any atom is 0.407 e. The molecule has 1 saturated heterocycles. The Hall–Kier alpha value is -1.95. The van der Waals surface area contributed by atoms with Crippen LogP contribution < -0.4 is 15.0 Å². The van der Waals surface area contributed by atoms with Crippen LogP contribution in [0.1, 0.15) is 26.3 Å². The number of hydrogen-bond acceptors (Lipinski definition) is 5. The number of anilines is 1. The Morgan fingerprint density at radius 1 is 1.33 bits per heavy atom. The number of amides is 1. The van der Waals surface area contributed by atoms with Crippen molar-refractivity contribution in [3.63, 3.8) is 0 Å².